The summed E-state index contributed by atoms with van der Waals surface area (Å²) in [6.45, 7) is 0. The Hall–Kier alpha value is -2.25. The molecule has 1 aromatic heterocycles. The van der Waals surface area contributed by atoms with Gasteiger partial charge >= 0.3 is 0 Å². The van der Waals surface area contributed by atoms with E-state index in [4.69, 9.17) is 11.6 Å². The fraction of sp³-hybridized carbons (Fsp3) is 0. The molecule has 0 unspecified atom stereocenters. The van der Waals surface area contributed by atoms with Crippen molar-refractivity contribution in [2.24, 2.45) is 0 Å². The smallest absolute Gasteiger partial charge is 0.257 e. The summed E-state index contributed by atoms with van der Waals surface area (Å²) in [6, 6.07) is 12.2. The summed E-state index contributed by atoms with van der Waals surface area (Å²) < 4.78 is 2.22. The molecule has 0 spiro atoms. The number of tetrazole rings is 1. The molecule has 1 heterocycles. The van der Waals surface area contributed by atoms with Gasteiger partial charge in [-0.3, -0.25) is 4.79 Å². The van der Waals surface area contributed by atoms with Gasteiger partial charge in [0.1, 0.15) is 6.33 Å². The molecule has 0 bridgehead atoms. The molecule has 2 aromatic carbocycles. The number of amides is 1. The van der Waals surface area contributed by atoms with Gasteiger partial charge < -0.3 is 5.32 Å². The maximum absolute atomic E-state index is 12.5. The van der Waals surface area contributed by atoms with E-state index in [1.54, 1.807) is 36.4 Å². The highest BCUT2D eigenvalue weighted by atomic mass is 79.9. The van der Waals surface area contributed by atoms with Crippen molar-refractivity contribution < 1.29 is 4.79 Å². The molecule has 0 fully saturated rings. The number of carbonyl (C=O) groups is 1. The number of nitrogens with zero attached hydrogens (tertiary/aromatic N) is 4. The minimum absolute atomic E-state index is 0.269. The number of aromatic nitrogens is 4. The van der Waals surface area contributed by atoms with Gasteiger partial charge in [-0.25, -0.2) is 0 Å². The molecule has 1 amide bonds. The summed E-state index contributed by atoms with van der Waals surface area (Å²) in [5.41, 5.74) is 1.67. The molecule has 0 atom stereocenters. The Kier molecular flexibility index (Phi) is 4.17. The maximum atomic E-state index is 12.5. The zero-order valence-corrected chi connectivity index (χ0v) is 13.4. The third kappa shape index (κ3) is 3.15. The van der Waals surface area contributed by atoms with E-state index in [-0.39, 0.29) is 5.91 Å². The lowest BCUT2D eigenvalue weighted by Gasteiger charge is -2.10. The molecule has 110 valence electrons. The molecule has 6 nitrogen and oxygen atoms in total. The van der Waals surface area contributed by atoms with Crippen LogP contribution >= 0.6 is 27.5 Å². The number of nitrogens with one attached hydrogen (secondary N) is 1. The van der Waals surface area contributed by atoms with E-state index in [0.29, 0.717) is 22.0 Å². The van der Waals surface area contributed by atoms with Crippen molar-refractivity contribution in [2.45, 2.75) is 0 Å². The van der Waals surface area contributed by atoms with E-state index in [2.05, 4.69) is 36.8 Å². The van der Waals surface area contributed by atoms with Gasteiger partial charge in [0.15, 0.2) is 0 Å². The van der Waals surface area contributed by atoms with Gasteiger partial charge in [-0.1, -0.05) is 27.5 Å². The molecule has 0 aliphatic carbocycles. The van der Waals surface area contributed by atoms with Crippen LogP contribution in [0.3, 0.4) is 0 Å². The quantitative estimate of drug-likeness (QED) is 0.759. The topological polar surface area (TPSA) is 72.7 Å². The van der Waals surface area contributed by atoms with E-state index in [9.17, 15) is 4.79 Å². The van der Waals surface area contributed by atoms with Gasteiger partial charge in [0.05, 0.1) is 11.3 Å². The predicted octanol–water partition coefficient (Wildman–Crippen LogP) is 3.33. The Morgan fingerprint density at radius 3 is 2.64 bits per heavy atom. The van der Waals surface area contributed by atoms with E-state index >= 15 is 0 Å². The molecule has 0 saturated carbocycles. The average Bonchev–Trinajstić information content (AvgIpc) is 3.03. The summed E-state index contributed by atoms with van der Waals surface area (Å²) in [5, 5.41) is 14.4. The summed E-state index contributed by atoms with van der Waals surface area (Å²) >= 11 is 9.20. The average molecular weight is 379 g/mol. The number of hydrogen-bond donors (Lipinski definition) is 1. The molecule has 0 radical (unpaired) electrons. The van der Waals surface area contributed by atoms with Crippen LogP contribution in [0, 0.1) is 0 Å². The van der Waals surface area contributed by atoms with Crippen LogP contribution in [0.1, 0.15) is 10.4 Å². The number of hydrogen-bond acceptors (Lipinski definition) is 4. The molecule has 3 rings (SSSR count). The number of rotatable bonds is 3. The van der Waals surface area contributed by atoms with Crippen LogP contribution in [0.25, 0.3) is 5.69 Å². The van der Waals surface area contributed by atoms with Crippen molar-refractivity contribution in [1.82, 2.24) is 20.2 Å². The predicted molar refractivity (Wildman–Crippen MR) is 86.3 cm³/mol. The second-order valence-corrected chi connectivity index (χ2v) is 5.73. The highest BCUT2D eigenvalue weighted by Crippen LogP contribution is 2.21. The zero-order valence-electron chi connectivity index (χ0n) is 11.1. The normalized spacial score (nSPS) is 10.5. The number of anilines is 1. The summed E-state index contributed by atoms with van der Waals surface area (Å²) in [7, 11) is 0. The van der Waals surface area contributed by atoms with Crippen LogP contribution in [0.2, 0.25) is 5.02 Å². The molecule has 1 N–H and O–H groups in total. The molecular formula is C14H9BrClN5O. The minimum Gasteiger partial charge on any atom is -0.322 e. The molecule has 0 aliphatic heterocycles. The Balaban J connectivity index is 1.94. The number of benzene rings is 2. The van der Waals surface area contributed by atoms with Crippen LogP contribution in [-0.2, 0) is 0 Å². The molecule has 8 heteroatoms. The van der Waals surface area contributed by atoms with Crippen LogP contribution in [0.5, 0.6) is 0 Å². The first-order chi connectivity index (χ1) is 10.6. The van der Waals surface area contributed by atoms with Crippen molar-refractivity contribution in [3.05, 3.63) is 63.9 Å². The van der Waals surface area contributed by atoms with Crippen molar-refractivity contribution in [1.29, 1.82) is 0 Å². The van der Waals surface area contributed by atoms with Gasteiger partial charge in [-0.2, -0.15) is 4.68 Å². The molecule has 0 aliphatic rings. The zero-order chi connectivity index (χ0) is 15.5. The first kappa shape index (κ1) is 14.7. The standard InChI is InChI=1S/C14H9BrClN5O/c15-9-1-6-13(21-8-17-19-20-21)12(7-9)14(22)18-11-4-2-10(16)3-5-11/h1-8H,(H,18,22). The SMILES string of the molecule is O=C(Nc1ccc(Cl)cc1)c1cc(Br)ccc1-n1cnnn1. The first-order valence-corrected chi connectivity index (χ1v) is 7.40. The number of halogens is 2. The molecule has 0 saturated heterocycles. The van der Waals surface area contributed by atoms with E-state index in [0.717, 1.165) is 4.47 Å². The Morgan fingerprint density at radius 2 is 1.95 bits per heavy atom. The largest absolute Gasteiger partial charge is 0.322 e. The van der Waals surface area contributed by atoms with Crippen LogP contribution in [0.4, 0.5) is 5.69 Å². The summed E-state index contributed by atoms with van der Waals surface area (Å²) in [4.78, 5) is 12.5. The lowest BCUT2D eigenvalue weighted by atomic mass is 10.1. The summed E-state index contributed by atoms with van der Waals surface area (Å²) in [5.74, 6) is -0.269. The van der Waals surface area contributed by atoms with Gasteiger partial charge in [0, 0.05) is 15.2 Å². The van der Waals surface area contributed by atoms with Crippen LogP contribution in [0.15, 0.2) is 53.3 Å². The highest BCUT2D eigenvalue weighted by molar-refractivity contribution is 9.10. The van der Waals surface area contributed by atoms with Gasteiger partial charge in [0.2, 0.25) is 0 Å². The molecular weight excluding hydrogens is 370 g/mol. The van der Waals surface area contributed by atoms with Crippen molar-refractivity contribution >= 4 is 39.1 Å². The number of carbonyl (C=O) groups excluding carboxylic acids is 1. The fourth-order valence-electron chi connectivity index (χ4n) is 1.89. The van der Waals surface area contributed by atoms with Crippen molar-refractivity contribution in [3.63, 3.8) is 0 Å². The second kappa shape index (κ2) is 6.25. The van der Waals surface area contributed by atoms with Gasteiger partial charge in [0.25, 0.3) is 5.91 Å². The summed E-state index contributed by atoms with van der Waals surface area (Å²) in [6.07, 6.45) is 1.43. The van der Waals surface area contributed by atoms with Gasteiger partial charge in [-0.05, 0) is 52.9 Å². The lowest BCUT2D eigenvalue weighted by Crippen LogP contribution is -2.15. The minimum atomic E-state index is -0.269. The monoisotopic (exact) mass is 377 g/mol. The third-order valence-corrected chi connectivity index (χ3v) is 3.65. The van der Waals surface area contributed by atoms with E-state index in [1.165, 1.54) is 11.0 Å². The Morgan fingerprint density at radius 1 is 1.18 bits per heavy atom. The first-order valence-electron chi connectivity index (χ1n) is 6.23. The Bertz CT molecular complexity index is 805. The molecule has 22 heavy (non-hydrogen) atoms. The van der Waals surface area contributed by atoms with Crippen LogP contribution < -0.4 is 5.32 Å². The van der Waals surface area contributed by atoms with E-state index < -0.39 is 0 Å². The Labute approximate surface area is 139 Å². The fourth-order valence-corrected chi connectivity index (χ4v) is 2.38. The van der Waals surface area contributed by atoms with Gasteiger partial charge in [-0.15, -0.1) is 5.10 Å². The van der Waals surface area contributed by atoms with Crippen molar-refractivity contribution in [2.75, 3.05) is 5.32 Å². The third-order valence-electron chi connectivity index (χ3n) is 2.90. The maximum Gasteiger partial charge on any atom is 0.257 e. The van der Waals surface area contributed by atoms with Crippen LogP contribution in [-0.4, -0.2) is 26.1 Å². The highest BCUT2D eigenvalue weighted by Gasteiger charge is 2.14. The van der Waals surface area contributed by atoms with E-state index in [1.807, 2.05) is 6.07 Å². The second-order valence-electron chi connectivity index (χ2n) is 4.38. The van der Waals surface area contributed by atoms with Crippen molar-refractivity contribution in [3.8, 4) is 5.69 Å². The molecule has 3 aromatic rings. The lowest BCUT2D eigenvalue weighted by molar-refractivity contribution is 0.102.